The van der Waals surface area contributed by atoms with Crippen LogP contribution in [0.5, 0.6) is 0 Å². The smallest absolute Gasteiger partial charge is 0.310 e. The Bertz CT molecular complexity index is 281. The number of amides is 1. The van der Waals surface area contributed by atoms with Crippen LogP contribution in [-0.4, -0.2) is 50.6 Å². The van der Waals surface area contributed by atoms with Crippen molar-refractivity contribution < 1.29 is 14.3 Å². The molecule has 0 aliphatic carbocycles. The van der Waals surface area contributed by atoms with Gasteiger partial charge in [0, 0.05) is 26.6 Å². The number of ether oxygens (including phenoxy) is 1. The van der Waals surface area contributed by atoms with Crippen LogP contribution < -0.4 is 5.32 Å². The maximum absolute atomic E-state index is 11.5. The lowest BCUT2D eigenvalue weighted by atomic mass is 9.99. The highest BCUT2D eigenvalue weighted by Crippen LogP contribution is 2.24. The lowest BCUT2D eigenvalue weighted by Crippen LogP contribution is -2.26. The molecule has 1 aliphatic heterocycles. The van der Waals surface area contributed by atoms with Crippen LogP contribution in [0.2, 0.25) is 0 Å². The minimum absolute atomic E-state index is 0.0139. The molecule has 0 saturated carbocycles. The molecular weight excluding hydrogens is 220 g/mol. The molecule has 1 rings (SSSR count). The molecule has 2 atom stereocenters. The monoisotopic (exact) mass is 242 g/mol. The minimum Gasteiger partial charge on any atom is -0.469 e. The lowest BCUT2D eigenvalue weighted by Gasteiger charge is -2.14. The first-order valence-electron chi connectivity index (χ1n) is 6.09. The molecule has 1 aliphatic rings. The third-order valence-electron chi connectivity index (χ3n) is 3.35. The average molecular weight is 242 g/mol. The molecule has 2 unspecified atom stereocenters. The molecule has 98 valence electrons. The first-order chi connectivity index (χ1) is 8.08. The van der Waals surface area contributed by atoms with E-state index in [1.807, 2.05) is 0 Å². The summed E-state index contributed by atoms with van der Waals surface area (Å²) in [6.07, 6.45) is 1.38. The summed E-state index contributed by atoms with van der Waals surface area (Å²) in [4.78, 5) is 24.8. The molecule has 0 radical (unpaired) electrons. The highest BCUT2D eigenvalue weighted by atomic mass is 16.5. The van der Waals surface area contributed by atoms with E-state index in [-0.39, 0.29) is 17.8 Å². The summed E-state index contributed by atoms with van der Waals surface area (Å²) in [6.45, 7) is 4.60. The summed E-state index contributed by atoms with van der Waals surface area (Å²) in [7, 11) is 3.08. The van der Waals surface area contributed by atoms with Gasteiger partial charge in [-0.05, 0) is 18.9 Å². The van der Waals surface area contributed by atoms with Gasteiger partial charge in [-0.1, -0.05) is 6.92 Å². The van der Waals surface area contributed by atoms with Crippen molar-refractivity contribution in [3.8, 4) is 0 Å². The number of carbonyl (C=O) groups is 2. The second-order valence-electron chi connectivity index (χ2n) is 4.64. The van der Waals surface area contributed by atoms with Crippen molar-refractivity contribution in [2.75, 3.05) is 33.8 Å². The highest BCUT2D eigenvalue weighted by molar-refractivity contribution is 5.75. The SMILES string of the molecule is CNC(=O)CCCN1CC(C)C(C(=O)OC)C1. The van der Waals surface area contributed by atoms with Crippen molar-refractivity contribution >= 4 is 11.9 Å². The van der Waals surface area contributed by atoms with Crippen LogP contribution >= 0.6 is 0 Å². The van der Waals surface area contributed by atoms with Crippen LogP contribution in [0, 0.1) is 11.8 Å². The standard InChI is InChI=1S/C12H22N2O3/c1-9-7-14(6-4-5-11(15)13-2)8-10(9)12(16)17-3/h9-10H,4-8H2,1-3H3,(H,13,15). The van der Waals surface area contributed by atoms with Gasteiger partial charge in [-0.15, -0.1) is 0 Å². The van der Waals surface area contributed by atoms with E-state index >= 15 is 0 Å². The van der Waals surface area contributed by atoms with Crippen molar-refractivity contribution in [3.63, 3.8) is 0 Å². The van der Waals surface area contributed by atoms with E-state index in [0.717, 1.165) is 26.1 Å². The number of nitrogens with one attached hydrogen (secondary N) is 1. The molecule has 0 spiro atoms. The highest BCUT2D eigenvalue weighted by Gasteiger charge is 2.34. The Labute approximate surface area is 102 Å². The number of methoxy groups -OCH3 is 1. The van der Waals surface area contributed by atoms with E-state index in [2.05, 4.69) is 17.1 Å². The van der Waals surface area contributed by atoms with E-state index in [1.165, 1.54) is 7.11 Å². The Hall–Kier alpha value is -1.10. The molecular formula is C12H22N2O3. The third-order valence-corrected chi connectivity index (χ3v) is 3.35. The van der Waals surface area contributed by atoms with Gasteiger partial charge in [0.25, 0.3) is 0 Å². The van der Waals surface area contributed by atoms with Crippen molar-refractivity contribution in [1.82, 2.24) is 10.2 Å². The average Bonchev–Trinajstić information content (AvgIpc) is 2.69. The Kier molecular flexibility index (Phi) is 5.41. The first-order valence-corrected chi connectivity index (χ1v) is 6.09. The molecule has 1 N–H and O–H groups in total. The summed E-state index contributed by atoms with van der Waals surface area (Å²) in [6, 6.07) is 0. The van der Waals surface area contributed by atoms with Crippen molar-refractivity contribution in [1.29, 1.82) is 0 Å². The van der Waals surface area contributed by atoms with E-state index in [4.69, 9.17) is 4.74 Å². The van der Waals surface area contributed by atoms with Crippen molar-refractivity contribution in [3.05, 3.63) is 0 Å². The molecule has 1 heterocycles. The summed E-state index contributed by atoms with van der Waals surface area (Å²) in [5.41, 5.74) is 0. The van der Waals surface area contributed by atoms with E-state index in [9.17, 15) is 9.59 Å². The number of rotatable bonds is 5. The van der Waals surface area contributed by atoms with Crippen LogP contribution in [0.3, 0.4) is 0 Å². The van der Waals surface area contributed by atoms with Gasteiger partial charge in [-0.2, -0.15) is 0 Å². The fraction of sp³-hybridized carbons (Fsp3) is 0.833. The number of nitrogens with zero attached hydrogens (tertiary/aromatic N) is 1. The zero-order chi connectivity index (χ0) is 12.8. The van der Waals surface area contributed by atoms with Gasteiger partial charge in [0.15, 0.2) is 0 Å². The molecule has 1 amide bonds. The largest absolute Gasteiger partial charge is 0.469 e. The molecule has 17 heavy (non-hydrogen) atoms. The summed E-state index contributed by atoms with van der Waals surface area (Å²) in [5.74, 6) is 0.274. The second kappa shape index (κ2) is 6.59. The number of esters is 1. The van der Waals surface area contributed by atoms with Gasteiger partial charge in [0.1, 0.15) is 0 Å². The van der Waals surface area contributed by atoms with Gasteiger partial charge in [0.2, 0.25) is 5.91 Å². The minimum atomic E-state index is -0.119. The molecule has 0 aromatic carbocycles. The Morgan fingerprint density at radius 1 is 1.41 bits per heavy atom. The summed E-state index contributed by atoms with van der Waals surface area (Å²) < 4.78 is 4.78. The number of hydrogen-bond acceptors (Lipinski definition) is 4. The molecule has 5 nitrogen and oxygen atoms in total. The molecule has 5 heteroatoms. The number of hydrogen-bond donors (Lipinski definition) is 1. The zero-order valence-corrected chi connectivity index (χ0v) is 10.9. The van der Waals surface area contributed by atoms with Crippen LogP contribution in [0.4, 0.5) is 0 Å². The fourth-order valence-corrected chi connectivity index (χ4v) is 2.30. The van der Waals surface area contributed by atoms with Gasteiger partial charge >= 0.3 is 5.97 Å². The Morgan fingerprint density at radius 2 is 2.12 bits per heavy atom. The molecule has 0 aromatic rings. The molecule has 1 fully saturated rings. The van der Waals surface area contributed by atoms with Gasteiger partial charge in [-0.25, -0.2) is 0 Å². The normalized spacial score (nSPS) is 24.6. The predicted molar refractivity (Wildman–Crippen MR) is 64.4 cm³/mol. The molecule has 0 aromatic heterocycles. The lowest BCUT2D eigenvalue weighted by molar-refractivity contribution is -0.146. The van der Waals surface area contributed by atoms with Crippen LogP contribution in [0.25, 0.3) is 0 Å². The quantitative estimate of drug-likeness (QED) is 0.702. The van der Waals surface area contributed by atoms with Crippen LogP contribution in [0.1, 0.15) is 19.8 Å². The maximum atomic E-state index is 11.5. The summed E-state index contributed by atoms with van der Waals surface area (Å²) >= 11 is 0. The number of likely N-dealkylation sites (tertiary alicyclic amines) is 1. The molecule has 0 bridgehead atoms. The third kappa shape index (κ3) is 4.00. The Balaban J connectivity index is 2.29. The molecule has 1 saturated heterocycles. The maximum Gasteiger partial charge on any atom is 0.310 e. The van der Waals surface area contributed by atoms with Crippen molar-refractivity contribution in [2.45, 2.75) is 19.8 Å². The number of carbonyl (C=O) groups excluding carboxylic acids is 2. The zero-order valence-electron chi connectivity index (χ0n) is 10.9. The van der Waals surface area contributed by atoms with Crippen LogP contribution in [-0.2, 0) is 14.3 Å². The predicted octanol–water partition coefficient (Wildman–Crippen LogP) is 0.254. The first kappa shape index (κ1) is 14.0. The van der Waals surface area contributed by atoms with Gasteiger partial charge < -0.3 is 15.0 Å². The van der Waals surface area contributed by atoms with E-state index < -0.39 is 0 Å². The van der Waals surface area contributed by atoms with Crippen LogP contribution in [0.15, 0.2) is 0 Å². The van der Waals surface area contributed by atoms with E-state index in [1.54, 1.807) is 7.05 Å². The van der Waals surface area contributed by atoms with Crippen molar-refractivity contribution in [2.24, 2.45) is 11.8 Å². The Morgan fingerprint density at radius 3 is 2.71 bits per heavy atom. The fourth-order valence-electron chi connectivity index (χ4n) is 2.30. The van der Waals surface area contributed by atoms with E-state index in [0.29, 0.717) is 12.3 Å². The second-order valence-corrected chi connectivity index (χ2v) is 4.64. The van der Waals surface area contributed by atoms with Gasteiger partial charge in [-0.3, -0.25) is 9.59 Å². The van der Waals surface area contributed by atoms with Gasteiger partial charge in [0.05, 0.1) is 13.0 Å². The summed E-state index contributed by atoms with van der Waals surface area (Å²) in [5, 5.41) is 2.60. The topological polar surface area (TPSA) is 58.6 Å².